The lowest BCUT2D eigenvalue weighted by atomic mass is 9.92. The molecule has 1 atom stereocenters. The highest BCUT2D eigenvalue weighted by Crippen LogP contribution is 2.24. The van der Waals surface area contributed by atoms with Gasteiger partial charge >= 0.3 is 0 Å². The molecule has 0 heterocycles. The van der Waals surface area contributed by atoms with Gasteiger partial charge in [-0.05, 0) is 25.7 Å². The first kappa shape index (κ1) is 8.40. The van der Waals surface area contributed by atoms with E-state index >= 15 is 0 Å². The lowest BCUT2D eigenvalue weighted by molar-refractivity contribution is 0.126. The third kappa shape index (κ3) is 2.12. The molecule has 0 spiro atoms. The summed E-state index contributed by atoms with van der Waals surface area (Å²) in [6.07, 6.45) is 3.82. The molecule has 3 heteroatoms. The Balaban J connectivity index is 2.58. The maximum absolute atomic E-state index is 9.20. The highest BCUT2D eigenvalue weighted by molar-refractivity contribution is 5.07. The summed E-state index contributed by atoms with van der Waals surface area (Å²) in [7, 11) is 1.47. The largest absolute Gasteiger partial charge is 0.481 e. The third-order valence-corrected chi connectivity index (χ3v) is 2.06. The first-order chi connectivity index (χ1) is 5.24. The molecular formula is C8H15NO2. The van der Waals surface area contributed by atoms with E-state index in [1.54, 1.807) is 0 Å². The van der Waals surface area contributed by atoms with Crippen LogP contribution in [0.1, 0.15) is 25.7 Å². The van der Waals surface area contributed by atoms with Gasteiger partial charge in [0, 0.05) is 11.6 Å². The van der Waals surface area contributed by atoms with Crippen LogP contribution >= 0.6 is 0 Å². The molecule has 64 valence electrons. The average molecular weight is 157 g/mol. The smallest absolute Gasteiger partial charge is 0.275 e. The molecule has 0 aromatic rings. The Labute approximate surface area is 66.8 Å². The van der Waals surface area contributed by atoms with Gasteiger partial charge in [0.15, 0.2) is 0 Å². The molecule has 0 aromatic heterocycles. The topological polar surface area (TPSA) is 55.5 Å². The Hall–Kier alpha value is -0.700. The van der Waals surface area contributed by atoms with Crippen molar-refractivity contribution in [3.05, 3.63) is 11.5 Å². The van der Waals surface area contributed by atoms with Gasteiger partial charge in [0.2, 0.25) is 0 Å². The van der Waals surface area contributed by atoms with Gasteiger partial charge in [0.25, 0.3) is 5.95 Å². The van der Waals surface area contributed by atoms with Crippen LogP contribution in [-0.4, -0.2) is 18.3 Å². The van der Waals surface area contributed by atoms with Crippen molar-refractivity contribution in [1.82, 2.24) is 0 Å². The van der Waals surface area contributed by atoms with Crippen molar-refractivity contribution in [2.24, 2.45) is 5.73 Å². The molecule has 0 saturated heterocycles. The molecule has 1 rings (SSSR count). The normalized spacial score (nSPS) is 29.8. The summed E-state index contributed by atoms with van der Waals surface area (Å²) in [5, 5.41) is 9.20. The fourth-order valence-corrected chi connectivity index (χ4v) is 1.44. The molecule has 1 aliphatic rings. The molecule has 0 amide bonds. The number of methoxy groups -OCH3 is 1. The number of nitrogens with two attached hydrogens (primary N) is 1. The van der Waals surface area contributed by atoms with E-state index in [1.807, 2.05) is 0 Å². The summed E-state index contributed by atoms with van der Waals surface area (Å²) >= 11 is 0. The average Bonchev–Trinajstić information content (AvgIpc) is 2.03. The van der Waals surface area contributed by atoms with Crippen molar-refractivity contribution < 1.29 is 9.84 Å². The Morgan fingerprint density at radius 2 is 2.45 bits per heavy atom. The van der Waals surface area contributed by atoms with E-state index in [0.717, 1.165) is 31.3 Å². The van der Waals surface area contributed by atoms with E-state index in [2.05, 4.69) is 0 Å². The lowest BCUT2D eigenvalue weighted by Crippen LogP contribution is -2.24. The van der Waals surface area contributed by atoms with E-state index in [0.29, 0.717) is 0 Å². The van der Waals surface area contributed by atoms with Crippen molar-refractivity contribution in [3.8, 4) is 0 Å². The summed E-state index contributed by atoms with van der Waals surface area (Å²) in [4.78, 5) is 0. The maximum Gasteiger partial charge on any atom is 0.275 e. The summed E-state index contributed by atoms with van der Waals surface area (Å²) < 4.78 is 4.72. The predicted molar refractivity (Wildman–Crippen MR) is 43.1 cm³/mol. The van der Waals surface area contributed by atoms with Crippen molar-refractivity contribution in [2.45, 2.75) is 31.7 Å². The molecule has 0 aromatic carbocycles. The monoisotopic (exact) mass is 157 g/mol. The zero-order valence-electron chi connectivity index (χ0n) is 6.84. The molecule has 11 heavy (non-hydrogen) atoms. The van der Waals surface area contributed by atoms with Crippen LogP contribution in [0.25, 0.3) is 0 Å². The highest BCUT2D eigenvalue weighted by atomic mass is 16.6. The van der Waals surface area contributed by atoms with E-state index in [-0.39, 0.29) is 12.0 Å². The fourth-order valence-electron chi connectivity index (χ4n) is 1.44. The number of ether oxygens (including phenoxy) is 1. The van der Waals surface area contributed by atoms with E-state index < -0.39 is 0 Å². The van der Waals surface area contributed by atoms with Gasteiger partial charge in [-0.2, -0.15) is 0 Å². The minimum atomic E-state index is 0.0696. The minimum Gasteiger partial charge on any atom is -0.481 e. The molecule has 3 nitrogen and oxygen atoms in total. The SMILES string of the molecule is CO/C(O)=C1\CCC[C@@H](N)C1. The molecule has 0 radical (unpaired) electrons. The standard InChI is InChI=1S/C8H15NO2/c1-11-8(10)6-3-2-4-7(9)5-6/h7,10H,2-5,9H2,1H3/b8-6+/t7-/m1/s1. The molecule has 0 aliphatic heterocycles. The van der Waals surface area contributed by atoms with E-state index in [1.165, 1.54) is 7.11 Å². The van der Waals surface area contributed by atoms with Crippen molar-refractivity contribution in [1.29, 1.82) is 0 Å². The van der Waals surface area contributed by atoms with Crippen LogP contribution in [0, 0.1) is 0 Å². The Morgan fingerprint density at radius 1 is 1.73 bits per heavy atom. The van der Waals surface area contributed by atoms with Gasteiger partial charge < -0.3 is 15.6 Å². The van der Waals surface area contributed by atoms with Crippen LogP contribution < -0.4 is 5.73 Å². The molecule has 0 bridgehead atoms. The van der Waals surface area contributed by atoms with Crippen LogP contribution in [0.3, 0.4) is 0 Å². The second-order valence-corrected chi connectivity index (χ2v) is 2.97. The molecule has 3 N–H and O–H groups in total. The Bertz CT molecular complexity index is 165. The minimum absolute atomic E-state index is 0.0696. The summed E-state index contributed by atoms with van der Waals surface area (Å²) in [6, 6.07) is 0.205. The Morgan fingerprint density at radius 3 is 3.00 bits per heavy atom. The van der Waals surface area contributed by atoms with Crippen LogP contribution in [-0.2, 0) is 4.74 Å². The molecule has 1 saturated carbocycles. The van der Waals surface area contributed by atoms with Crippen molar-refractivity contribution >= 4 is 0 Å². The number of hydrogen-bond donors (Lipinski definition) is 2. The lowest BCUT2D eigenvalue weighted by Gasteiger charge is -2.20. The van der Waals surface area contributed by atoms with Crippen LogP contribution in [0.15, 0.2) is 11.5 Å². The van der Waals surface area contributed by atoms with Gasteiger partial charge in [-0.3, -0.25) is 0 Å². The zero-order chi connectivity index (χ0) is 8.27. The van der Waals surface area contributed by atoms with Crippen LogP contribution in [0.4, 0.5) is 0 Å². The van der Waals surface area contributed by atoms with Gasteiger partial charge in [-0.1, -0.05) is 0 Å². The maximum atomic E-state index is 9.20. The fraction of sp³-hybridized carbons (Fsp3) is 0.750. The number of aliphatic hydroxyl groups excluding tert-OH is 1. The molecular weight excluding hydrogens is 142 g/mol. The van der Waals surface area contributed by atoms with Crippen molar-refractivity contribution in [2.75, 3.05) is 7.11 Å². The van der Waals surface area contributed by atoms with E-state index in [4.69, 9.17) is 10.5 Å². The van der Waals surface area contributed by atoms with Gasteiger partial charge in [-0.15, -0.1) is 0 Å². The number of hydrogen-bond acceptors (Lipinski definition) is 3. The van der Waals surface area contributed by atoms with Gasteiger partial charge in [0.1, 0.15) is 0 Å². The molecule has 1 aliphatic carbocycles. The molecule has 1 fully saturated rings. The summed E-state index contributed by atoms with van der Waals surface area (Å²) in [5.74, 6) is 0.0696. The van der Waals surface area contributed by atoms with E-state index in [9.17, 15) is 5.11 Å². The second kappa shape index (κ2) is 3.62. The first-order valence-electron chi connectivity index (χ1n) is 3.94. The van der Waals surface area contributed by atoms with Crippen LogP contribution in [0.2, 0.25) is 0 Å². The number of aliphatic hydroxyl groups is 1. The third-order valence-electron chi connectivity index (χ3n) is 2.06. The first-order valence-corrected chi connectivity index (χ1v) is 3.94. The highest BCUT2D eigenvalue weighted by Gasteiger charge is 2.16. The van der Waals surface area contributed by atoms with Gasteiger partial charge in [-0.25, -0.2) is 0 Å². The molecule has 0 unspecified atom stereocenters. The Kier molecular flexibility index (Phi) is 2.76. The van der Waals surface area contributed by atoms with Crippen molar-refractivity contribution in [3.63, 3.8) is 0 Å². The summed E-state index contributed by atoms with van der Waals surface area (Å²) in [5.41, 5.74) is 6.68. The number of rotatable bonds is 1. The summed E-state index contributed by atoms with van der Waals surface area (Å²) in [6.45, 7) is 0. The van der Waals surface area contributed by atoms with Gasteiger partial charge in [0.05, 0.1) is 7.11 Å². The quantitative estimate of drug-likeness (QED) is 0.564. The van der Waals surface area contributed by atoms with Crippen LogP contribution in [0.5, 0.6) is 0 Å². The second-order valence-electron chi connectivity index (χ2n) is 2.97. The zero-order valence-corrected chi connectivity index (χ0v) is 6.84. The predicted octanol–water partition coefficient (Wildman–Crippen LogP) is 1.30.